The smallest absolute Gasteiger partial charge is 0.505 e. The van der Waals surface area contributed by atoms with Gasteiger partial charge in [-0.05, 0) is 37.3 Å². The molecule has 0 amide bonds. The van der Waals surface area contributed by atoms with Gasteiger partial charge in [0.25, 0.3) is 0 Å². The van der Waals surface area contributed by atoms with E-state index in [9.17, 15) is 28.2 Å². The molecule has 0 radical (unpaired) electrons. The van der Waals surface area contributed by atoms with E-state index in [1.165, 1.54) is 31.8 Å². The lowest BCUT2D eigenvalue weighted by Crippen LogP contribution is -2.21. The fraction of sp³-hybridized carbons (Fsp3) is 0.308. The normalized spacial score (nSPS) is 11.5. The zero-order valence-corrected chi connectivity index (χ0v) is 20.2. The zero-order valence-electron chi connectivity index (χ0n) is 20.2. The van der Waals surface area contributed by atoms with Crippen LogP contribution in [0.1, 0.15) is 42.4 Å². The molecule has 0 aliphatic carbocycles. The van der Waals surface area contributed by atoms with E-state index in [4.69, 9.17) is 0 Å². The maximum Gasteiger partial charge on any atom is 0.573 e. The van der Waals surface area contributed by atoms with Gasteiger partial charge < -0.3 is 24.8 Å². The number of fused-ring (bicyclic) bond motifs is 2. The van der Waals surface area contributed by atoms with E-state index >= 15 is 0 Å². The van der Waals surface area contributed by atoms with Crippen LogP contribution >= 0.6 is 0 Å². The first-order valence-corrected chi connectivity index (χ1v) is 11.5. The Balaban J connectivity index is 0.000000454. The second-order valence-corrected chi connectivity index (χ2v) is 7.94. The van der Waals surface area contributed by atoms with Crippen molar-refractivity contribution in [1.29, 1.82) is 0 Å². The number of hydrogen-bond donors (Lipinski definition) is 3. The standard InChI is InChI=1S/C20H13F3N2O4.C6H15N/c21-20(22,23)29-15-7-3-5-12-16(19(27)28)18(26)14(25-17(12)15)8-10-9-24-13-6-2-1-4-11(10)13;1-4-7(5-2)6-3/h1-7,9,24,26H,8H2,(H,27,28);4-6H2,1-3H3. The van der Waals surface area contributed by atoms with Crippen LogP contribution in [0.2, 0.25) is 0 Å². The third-order valence-corrected chi connectivity index (χ3v) is 5.84. The number of pyridine rings is 1. The Morgan fingerprint density at radius 2 is 1.67 bits per heavy atom. The SMILES string of the molecule is CCN(CC)CC.O=C(O)c1c(O)c(Cc2c[nH]c3ccccc23)nc2c(OC(F)(F)F)cccc12. The first-order valence-electron chi connectivity index (χ1n) is 11.5. The fourth-order valence-electron chi connectivity index (χ4n) is 3.98. The summed E-state index contributed by atoms with van der Waals surface area (Å²) >= 11 is 0. The number of ether oxygens (including phenoxy) is 1. The van der Waals surface area contributed by atoms with E-state index in [1.54, 1.807) is 6.20 Å². The average Bonchev–Trinajstić information content (AvgIpc) is 3.23. The topological polar surface area (TPSA) is 98.7 Å². The molecule has 2 aromatic carbocycles. The fourth-order valence-corrected chi connectivity index (χ4v) is 3.98. The Kier molecular flexibility index (Phi) is 8.41. The molecule has 0 saturated heterocycles. The van der Waals surface area contributed by atoms with Crippen molar-refractivity contribution in [2.45, 2.75) is 33.6 Å². The van der Waals surface area contributed by atoms with Gasteiger partial charge in [0.2, 0.25) is 0 Å². The molecule has 0 atom stereocenters. The molecule has 0 fully saturated rings. The van der Waals surface area contributed by atoms with Crippen LogP contribution in [0.25, 0.3) is 21.8 Å². The summed E-state index contributed by atoms with van der Waals surface area (Å²) < 4.78 is 42.3. The highest BCUT2D eigenvalue weighted by molar-refractivity contribution is 6.06. The summed E-state index contributed by atoms with van der Waals surface area (Å²) in [6, 6.07) is 10.8. The second-order valence-electron chi connectivity index (χ2n) is 7.94. The van der Waals surface area contributed by atoms with E-state index in [0.29, 0.717) is 5.56 Å². The molecule has 2 heterocycles. The van der Waals surface area contributed by atoms with Gasteiger partial charge in [-0.15, -0.1) is 13.2 Å². The summed E-state index contributed by atoms with van der Waals surface area (Å²) in [7, 11) is 0. The second kappa shape index (κ2) is 11.3. The number of carbonyl (C=O) groups is 1. The number of H-pyrrole nitrogens is 1. The van der Waals surface area contributed by atoms with Crippen molar-refractivity contribution in [3.8, 4) is 11.5 Å². The molecule has 0 aliphatic heterocycles. The molecule has 0 bridgehead atoms. The van der Waals surface area contributed by atoms with Crippen molar-refractivity contribution in [2.75, 3.05) is 19.6 Å². The number of alkyl halides is 3. The minimum atomic E-state index is -4.98. The van der Waals surface area contributed by atoms with Crippen molar-refractivity contribution in [3.63, 3.8) is 0 Å². The maximum absolute atomic E-state index is 12.8. The van der Waals surface area contributed by atoms with Crippen molar-refractivity contribution in [3.05, 3.63) is 65.5 Å². The van der Waals surface area contributed by atoms with Crippen molar-refractivity contribution >= 4 is 27.8 Å². The monoisotopic (exact) mass is 503 g/mol. The molecule has 7 nitrogen and oxygen atoms in total. The van der Waals surface area contributed by atoms with Crippen LogP contribution in [0.3, 0.4) is 0 Å². The molecule has 0 spiro atoms. The number of benzene rings is 2. The Labute approximate surface area is 206 Å². The van der Waals surface area contributed by atoms with Crippen LogP contribution in [-0.4, -0.2) is 57.0 Å². The third-order valence-electron chi connectivity index (χ3n) is 5.84. The summed E-state index contributed by atoms with van der Waals surface area (Å²) in [6.07, 6.45) is -3.30. The Morgan fingerprint density at radius 1 is 1.03 bits per heavy atom. The first-order chi connectivity index (χ1) is 17.1. The maximum atomic E-state index is 12.8. The van der Waals surface area contributed by atoms with E-state index in [-0.39, 0.29) is 23.0 Å². The Morgan fingerprint density at radius 3 is 2.25 bits per heavy atom. The lowest BCUT2D eigenvalue weighted by Gasteiger charge is -2.14. The number of aromatic hydroxyl groups is 1. The van der Waals surface area contributed by atoms with Crippen LogP contribution in [0, 0.1) is 0 Å². The molecule has 2 aromatic heterocycles. The molecule has 36 heavy (non-hydrogen) atoms. The van der Waals surface area contributed by atoms with Gasteiger partial charge in [0.1, 0.15) is 11.1 Å². The van der Waals surface area contributed by atoms with Gasteiger partial charge in [-0.1, -0.05) is 51.1 Å². The quantitative estimate of drug-likeness (QED) is 0.288. The van der Waals surface area contributed by atoms with Gasteiger partial charge in [-0.2, -0.15) is 0 Å². The van der Waals surface area contributed by atoms with Crippen LogP contribution in [0.15, 0.2) is 48.7 Å². The van der Waals surface area contributed by atoms with Crippen LogP contribution in [-0.2, 0) is 6.42 Å². The molecule has 10 heteroatoms. The zero-order chi connectivity index (χ0) is 26.5. The van der Waals surface area contributed by atoms with E-state index < -0.39 is 29.4 Å². The van der Waals surface area contributed by atoms with Gasteiger partial charge in [0.05, 0.1) is 5.69 Å². The van der Waals surface area contributed by atoms with Crippen LogP contribution in [0.5, 0.6) is 11.5 Å². The number of halogens is 3. The molecule has 0 unspecified atom stereocenters. The third kappa shape index (κ3) is 6.06. The molecule has 0 aliphatic rings. The highest BCUT2D eigenvalue weighted by Gasteiger charge is 2.33. The van der Waals surface area contributed by atoms with Gasteiger partial charge >= 0.3 is 12.3 Å². The number of nitrogens with one attached hydrogen (secondary N) is 1. The van der Waals surface area contributed by atoms with Crippen molar-refractivity contribution in [2.24, 2.45) is 0 Å². The van der Waals surface area contributed by atoms with Gasteiger partial charge in [0, 0.05) is 28.9 Å². The van der Waals surface area contributed by atoms with Gasteiger partial charge in [-0.25, -0.2) is 9.78 Å². The van der Waals surface area contributed by atoms with Crippen molar-refractivity contribution in [1.82, 2.24) is 14.9 Å². The molecule has 3 N–H and O–H groups in total. The number of aromatic carboxylic acids is 1. The van der Waals surface area contributed by atoms with Crippen LogP contribution < -0.4 is 4.74 Å². The lowest BCUT2D eigenvalue weighted by atomic mass is 10.0. The van der Waals surface area contributed by atoms with E-state index in [1.807, 2.05) is 24.3 Å². The van der Waals surface area contributed by atoms with Crippen LogP contribution in [0.4, 0.5) is 13.2 Å². The average molecular weight is 504 g/mol. The number of carboxylic acids is 1. The predicted molar refractivity (Wildman–Crippen MR) is 132 cm³/mol. The first kappa shape index (κ1) is 26.8. The minimum absolute atomic E-state index is 0.00637. The predicted octanol–water partition coefficient (Wildman–Crippen LogP) is 5.96. The summed E-state index contributed by atoms with van der Waals surface area (Å²) in [6.45, 7) is 10.1. The highest BCUT2D eigenvalue weighted by atomic mass is 19.4. The molecular weight excluding hydrogens is 475 g/mol. The summed E-state index contributed by atoms with van der Waals surface area (Å²) in [5.74, 6) is -2.73. The number of aromatic nitrogens is 2. The van der Waals surface area contributed by atoms with Crippen molar-refractivity contribution < 1.29 is 32.9 Å². The highest BCUT2D eigenvalue weighted by Crippen LogP contribution is 2.37. The Bertz CT molecular complexity index is 1340. The number of para-hydroxylation sites is 2. The Hall–Kier alpha value is -3.79. The molecule has 0 saturated carbocycles. The minimum Gasteiger partial charge on any atom is -0.505 e. The number of hydrogen-bond acceptors (Lipinski definition) is 5. The van der Waals surface area contributed by atoms with Gasteiger partial charge in [0.15, 0.2) is 11.5 Å². The molecular formula is C26H28F3N3O4. The van der Waals surface area contributed by atoms with E-state index in [2.05, 4.69) is 40.4 Å². The van der Waals surface area contributed by atoms with Gasteiger partial charge in [-0.3, -0.25) is 0 Å². The molecule has 4 aromatic rings. The number of rotatable bonds is 7. The van der Waals surface area contributed by atoms with E-state index in [0.717, 1.165) is 17.0 Å². The number of carboxylic acid groups (broad SMARTS) is 1. The molecule has 192 valence electrons. The summed E-state index contributed by atoms with van der Waals surface area (Å²) in [5.41, 5.74) is 0.626. The lowest BCUT2D eigenvalue weighted by molar-refractivity contribution is -0.274. The largest absolute Gasteiger partial charge is 0.573 e. The number of nitrogens with zero attached hydrogens (tertiary/aromatic N) is 2. The summed E-state index contributed by atoms with van der Waals surface area (Å²) in [5, 5.41) is 20.8. The number of aromatic amines is 1. The summed E-state index contributed by atoms with van der Waals surface area (Å²) in [4.78, 5) is 21.3. The molecule has 4 rings (SSSR count).